The van der Waals surface area contributed by atoms with Crippen molar-refractivity contribution in [1.29, 1.82) is 0 Å². The highest BCUT2D eigenvalue weighted by atomic mass is 16.5. The van der Waals surface area contributed by atoms with Crippen molar-refractivity contribution in [3.8, 4) is 0 Å². The Morgan fingerprint density at radius 1 is 1.07 bits per heavy atom. The molecular formula is C19H29N3O6. The van der Waals surface area contributed by atoms with E-state index in [-0.39, 0.29) is 18.0 Å². The smallest absolute Gasteiger partial charge is 0.321 e. The Balaban J connectivity index is 1.55. The Labute approximate surface area is 164 Å². The molecule has 4 bridgehead atoms. The number of ether oxygens (including phenoxy) is 2. The van der Waals surface area contributed by atoms with E-state index in [9.17, 15) is 19.2 Å². The molecule has 3 N–H and O–H groups in total. The lowest BCUT2D eigenvalue weighted by Gasteiger charge is -2.60. The van der Waals surface area contributed by atoms with Crippen molar-refractivity contribution in [2.24, 2.45) is 17.3 Å². The number of nitrogens with one attached hydrogen (secondary N) is 3. The number of esters is 1. The van der Waals surface area contributed by atoms with Crippen LogP contribution in [0.4, 0.5) is 4.79 Å². The van der Waals surface area contributed by atoms with Gasteiger partial charge in [0.1, 0.15) is 0 Å². The number of carbonyl (C=O) groups is 4. The molecule has 4 amide bonds. The minimum Gasteiger partial charge on any atom is -0.455 e. The summed E-state index contributed by atoms with van der Waals surface area (Å²) in [4.78, 5) is 48.0. The van der Waals surface area contributed by atoms with E-state index in [4.69, 9.17) is 9.47 Å². The van der Waals surface area contributed by atoms with E-state index in [1.807, 2.05) is 0 Å². The van der Waals surface area contributed by atoms with Gasteiger partial charge < -0.3 is 20.1 Å². The highest BCUT2D eigenvalue weighted by molar-refractivity contribution is 5.95. The van der Waals surface area contributed by atoms with E-state index in [0.717, 1.165) is 32.1 Å². The summed E-state index contributed by atoms with van der Waals surface area (Å²) in [7, 11) is 1.50. The fourth-order valence-electron chi connectivity index (χ4n) is 5.78. The zero-order valence-electron chi connectivity index (χ0n) is 16.5. The van der Waals surface area contributed by atoms with Crippen LogP contribution in [0.1, 0.15) is 45.4 Å². The molecule has 0 aromatic rings. The summed E-state index contributed by atoms with van der Waals surface area (Å²) in [6.45, 7) is 1.61. The van der Waals surface area contributed by atoms with Crippen molar-refractivity contribution in [1.82, 2.24) is 16.0 Å². The van der Waals surface area contributed by atoms with Crippen molar-refractivity contribution in [2.45, 2.75) is 51.0 Å². The van der Waals surface area contributed by atoms with Gasteiger partial charge in [-0.3, -0.25) is 19.7 Å². The van der Waals surface area contributed by atoms with Crippen LogP contribution in [0.2, 0.25) is 0 Å². The van der Waals surface area contributed by atoms with Crippen LogP contribution in [0, 0.1) is 17.3 Å². The maximum atomic E-state index is 12.9. The summed E-state index contributed by atoms with van der Waals surface area (Å²) in [5, 5.41) is 7.67. The van der Waals surface area contributed by atoms with E-state index >= 15 is 0 Å². The fourth-order valence-corrected chi connectivity index (χ4v) is 5.78. The van der Waals surface area contributed by atoms with Gasteiger partial charge in [0.15, 0.2) is 6.61 Å². The van der Waals surface area contributed by atoms with Crippen LogP contribution in [-0.4, -0.2) is 56.2 Å². The number of hydrogen-bond donors (Lipinski definition) is 3. The first-order valence-corrected chi connectivity index (χ1v) is 9.78. The van der Waals surface area contributed by atoms with E-state index in [1.165, 1.54) is 14.0 Å². The molecule has 0 spiro atoms. The third kappa shape index (κ3) is 4.45. The Hall–Kier alpha value is -2.16. The van der Waals surface area contributed by atoms with E-state index < -0.39 is 29.9 Å². The SMILES string of the molecule is COCCNC(=O)NC(=O)COC(=O)C12C[C@@H]3C[C@@H](CC(NC(C)=O)(C3)C1)C2. The van der Waals surface area contributed by atoms with Gasteiger partial charge >= 0.3 is 12.0 Å². The molecule has 9 nitrogen and oxygen atoms in total. The van der Waals surface area contributed by atoms with Crippen LogP contribution in [0.25, 0.3) is 0 Å². The van der Waals surface area contributed by atoms with Crippen LogP contribution < -0.4 is 16.0 Å². The third-order valence-corrected chi connectivity index (χ3v) is 6.11. The molecule has 4 aliphatic rings. The monoisotopic (exact) mass is 395 g/mol. The summed E-state index contributed by atoms with van der Waals surface area (Å²) < 4.78 is 10.1. The molecule has 0 aromatic carbocycles. The minimum absolute atomic E-state index is 0.0793. The first-order chi connectivity index (χ1) is 13.3. The highest BCUT2D eigenvalue weighted by Gasteiger charge is 2.61. The van der Waals surface area contributed by atoms with Gasteiger partial charge in [-0.25, -0.2) is 4.79 Å². The predicted molar refractivity (Wildman–Crippen MR) is 98.0 cm³/mol. The Morgan fingerprint density at radius 3 is 2.36 bits per heavy atom. The van der Waals surface area contributed by atoms with E-state index in [0.29, 0.717) is 24.9 Å². The first kappa shape index (κ1) is 20.6. The predicted octanol–water partition coefficient (Wildman–Crippen LogP) is 0.477. The molecule has 156 valence electrons. The third-order valence-electron chi connectivity index (χ3n) is 6.11. The Morgan fingerprint density at radius 2 is 1.75 bits per heavy atom. The standard InChI is InChI=1S/C19H29N3O6/c1-12(23)22-19-8-13-5-14(9-19)7-18(6-13,11-19)16(25)28-10-15(24)21-17(26)20-3-4-27-2/h13-14H,3-11H2,1-2H3,(H,22,23)(H2,20,21,24,26)/t13-,14+,18?,19?. The van der Waals surface area contributed by atoms with Gasteiger partial charge in [-0.15, -0.1) is 0 Å². The average molecular weight is 395 g/mol. The van der Waals surface area contributed by atoms with Gasteiger partial charge in [0.2, 0.25) is 5.91 Å². The van der Waals surface area contributed by atoms with Gasteiger partial charge in [-0.2, -0.15) is 0 Å². The summed E-state index contributed by atoms with van der Waals surface area (Å²) >= 11 is 0. The van der Waals surface area contributed by atoms with E-state index in [1.54, 1.807) is 0 Å². The van der Waals surface area contributed by atoms with Crippen molar-refractivity contribution < 1.29 is 28.7 Å². The topological polar surface area (TPSA) is 123 Å². The number of rotatable bonds is 7. The maximum absolute atomic E-state index is 12.9. The Kier molecular flexibility index (Phi) is 5.92. The largest absolute Gasteiger partial charge is 0.455 e. The summed E-state index contributed by atoms with van der Waals surface area (Å²) in [5.74, 6) is -0.373. The molecule has 28 heavy (non-hydrogen) atoms. The number of imide groups is 1. The van der Waals surface area contributed by atoms with Gasteiger partial charge in [-0.05, 0) is 50.4 Å². The van der Waals surface area contributed by atoms with Gasteiger partial charge in [-0.1, -0.05) is 0 Å². The summed E-state index contributed by atoms with van der Waals surface area (Å²) in [6.07, 6.45) is 4.93. The van der Waals surface area contributed by atoms with Gasteiger partial charge in [0.05, 0.1) is 12.0 Å². The van der Waals surface area contributed by atoms with Gasteiger partial charge in [0.25, 0.3) is 5.91 Å². The second kappa shape index (κ2) is 8.06. The quantitative estimate of drug-likeness (QED) is 0.426. The normalized spacial score (nSPS) is 32.5. The molecule has 0 saturated heterocycles. The van der Waals surface area contributed by atoms with Crippen LogP contribution in [0.5, 0.6) is 0 Å². The molecule has 0 radical (unpaired) electrons. The lowest BCUT2D eigenvalue weighted by Crippen LogP contribution is -2.64. The summed E-state index contributed by atoms with van der Waals surface area (Å²) in [6, 6.07) is -0.655. The zero-order chi connectivity index (χ0) is 20.4. The first-order valence-electron chi connectivity index (χ1n) is 9.78. The highest BCUT2D eigenvalue weighted by Crippen LogP contribution is 2.62. The number of hydrogen-bond acceptors (Lipinski definition) is 6. The van der Waals surface area contributed by atoms with Crippen LogP contribution >= 0.6 is 0 Å². The second-order valence-electron chi connectivity index (χ2n) is 8.58. The molecule has 0 heterocycles. The summed E-state index contributed by atoms with van der Waals surface area (Å²) in [5.41, 5.74) is -0.980. The molecule has 2 unspecified atom stereocenters. The van der Waals surface area contributed by atoms with E-state index in [2.05, 4.69) is 16.0 Å². The molecule has 9 heteroatoms. The average Bonchev–Trinajstić information content (AvgIpc) is 2.57. The minimum atomic E-state index is -0.676. The lowest BCUT2D eigenvalue weighted by atomic mass is 9.47. The number of urea groups is 1. The van der Waals surface area contributed by atoms with Crippen LogP contribution in [0.15, 0.2) is 0 Å². The van der Waals surface area contributed by atoms with Crippen molar-refractivity contribution in [3.05, 3.63) is 0 Å². The number of amides is 4. The molecule has 4 saturated carbocycles. The molecule has 0 aromatic heterocycles. The zero-order valence-corrected chi connectivity index (χ0v) is 16.5. The molecule has 4 fully saturated rings. The molecule has 4 atom stereocenters. The maximum Gasteiger partial charge on any atom is 0.321 e. The fraction of sp³-hybridized carbons (Fsp3) is 0.789. The number of methoxy groups -OCH3 is 1. The lowest BCUT2D eigenvalue weighted by molar-refractivity contribution is -0.177. The molecular weight excluding hydrogens is 366 g/mol. The number of carbonyl (C=O) groups excluding carboxylic acids is 4. The van der Waals surface area contributed by atoms with Crippen molar-refractivity contribution >= 4 is 23.8 Å². The molecule has 4 rings (SSSR count). The molecule has 4 aliphatic carbocycles. The molecule has 0 aliphatic heterocycles. The van der Waals surface area contributed by atoms with Crippen LogP contribution in [-0.2, 0) is 23.9 Å². The van der Waals surface area contributed by atoms with Gasteiger partial charge in [0, 0.05) is 26.1 Å². The van der Waals surface area contributed by atoms with Crippen molar-refractivity contribution in [2.75, 3.05) is 26.9 Å². The Bertz CT molecular complexity index is 650. The van der Waals surface area contributed by atoms with Crippen LogP contribution in [0.3, 0.4) is 0 Å². The second-order valence-corrected chi connectivity index (χ2v) is 8.58. The van der Waals surface area contributed by atoms with Crippen molar-refractivity contribution in [3.63, 3.8) is 0 Å².